The van der Waals surface area contributed by atoms with E-state index in [1.165, 1.54) is 0 Å². The van der Waals surface area contributed by atoms with Gasteiger partial charge in [-0.05, 0) is 128 Å². The van der Waals surface area contributed by atoms with E-state index in [1.54, 1.807) is 66.7 Å². The van der Waals surface area contributed by atoms with Gasteiger partial charge in [-0.25, -0.2) is 0 Å². The van der Waals surface area contributed by atoms with E-state index in [4.69, 9.17) is 24.3 Å². The molecule has 5 aromatic carbocycles. The molecular weight excluding hydrogens is 781 g/mol. The number of amides is 1. The van der Waals surface area contributed by atoms with Crippen molar-refractivity contribution in [2.24, 2.45) is 20.5 Å². The number of anilines is 2. The van der Waals surface area contributed by atoms with Crippen LogP contribution in [-0.4, -0.2) is 56.6 Å². The Labute approximate surface area is 330 Å². The number of nitrogens with zero attached hydrogens (tertiary/aromatic N) is 4. The molecule has 294 valence electrons. The van der Waals surface area contributed by atoms with Crippen molar-refractivity contribution in [2.45, 2.75) is 38.5 Å². The third-order valence-electron chi connectivity index (χ3n) is 8.30. The zero-order valence-corrected chi connectivity index (χ0v) is 33.2. The van der Waals surface area contributed by atoms with Gasteiger partial charge in [-0.2, -0.15) is 32.2 Å². The fraction of sp³-hybridized carbons (Fsp3) is 0.237. The molecular formula is C38H40N6O9S3. The molecule has 0 unspecified atom stereocenters. The summed E-state index contributed by atoms with van der Waals surface area (Å²) in [5.74, 6) is -0.485. The van der Waals surface area contributed by atoms with Crippen molar-refractivity contribution in [3.8, 4) is 11.5 Å². The maximum absolute atomic E-state index is 13.1. The van der Waals surface area contributed by atoms with Gasteiger partial charge < -0.3 is 20.5 Å². The van der Waals surface area contributed by atoms with Gasteiger partial charge in [0, 0.05) is 33.3 Å². The summed E-state index contributed by atoms with van der Waals surface area (Å²) in [6.07, 6.45) is 0.144. The summed E-state index contributed by atoms with van der Waals surface area (Å²) < 4.78 is 74.1. The molecule has 0 saturated heterocycles. The lowest BCUT2D eigenvalue weighted by Crippen LogP contribution is -2.11. The van der Waals surface area contributed by atoms with E-state index in [1.807, 2.05) is 32.9 Å². The van der Waals surface area contributed by atoms with E-state index >= 15 is 0 Å². The van der Waals surface area contributed by atoms with Gasteiger partial charge in [0.2, 0.25) is 0 Å². The summed E-state index contributed by atoms with van der Waals surface area (Å²) >= 11 is 4.44. The Morgan fingerprint density at radius 1 is 0.696 bits per heavy atom. The largest absolute Gasteiger partial charge is 0.493 e. The van der Waals surface area contributed by atoms with Crippen LogP contribution in [0, 0.1) is 20.8 Å². The summed E-state index contributed by atoms with van der Waals surface area (Å²) in [5, 5.41) is 21.9. The van der Waals surface area contributed by atoms with Gasteiger partial charge in [0.25, 0.3) is 26.1 Å². The number of hydrogen-bond donors (Lipinski definition) is 5. The molecule has 18 heteroatoms. The van der Waals surface area contributed by atoms with Crippen LogP contribution in [-0.2, 0) is 20.2 Å². The zero-order chi connectivity index (χ0) is 40.6. The van der Waals surface area contributed by atoms with Gasteiger partial charge in [-0.15, -0.1) is 17.7 Å². The first-order valence-electron chi connectivity index (χ1n) is 17.1. The molecule has 0 aliphatic rings. The summed E-state index contributed by atoms with van der Waals surface area (Å²) in [5.41, 5.74) is 11.8. The van der Waals surface area contributed by atoms with E-state index < -0.39 is 31.7 Å². The minimum absolute atomic E-state index is 0.0294. The topological polar surface area (TPSA) is 232 Å². The molecule has 0 aliphatic carbocycles. The number of nitrogens with two attached hydrogens (primary N) is 1. The van der Waals surface area contributed by atoms with Crippen molar-refractivity contribution in [3.05, 3.63) is 101 Å². The fourth-order valence-corrected chi connectivity index (χ4v) is 6.58. The second-order valence-corrected chi connectivity index (χ2v) is 16.5. The van der Waals surface area contributed by atoms with Gasteiger partial charge >= 0.3 is 0 Å². The number of nitrogen functional groups attached to an aromatic ring is 1. The van der Waals surface area contributed by atoms with Crippen molar-refractivity contribution in [1.82, 2.24) is 0 Å². The molecule has 0 atom stereocenters. The summed E-state index contributed by atoms with van der Waals surface area (Å²) in [6.45, 7) is 5.59. The minimum atomic E-state index is -4.16. The summed E-state index contributed by atoms with van der Waals surface area (Å²) in [7, 11) is -8.25. The Morgan fingerprint density at radius 2 is 1.27 bits per heavy atom. The highest BCUT2D eigenvalue weighted by Crippen LogP contribution is 2.38. The van der Waals surface area contributed by atoms with E-state index in [0.29, 0.717) is 55.9 Å². The van der Waals surface area contributed by atoms with E-state index in [2.05, 4.69) is 38.4 Å². The predicted molar refractivity (Wildman–Crippen MR) is 219 cm³/mol. The van der Waals surface area contributed by atoms with Crippen LogP contribution < -0.4 is 20.5 Å². The van der Waals surface area contributed by atoms with Crippen LogP contribution in [0.4, 0.5) is 34.1 Å². The first-order valence-corrected chi connectivity index (χ1v) is 20.8. The molecule has 0 aromatic heterocycles. The van der Waals surface area contributed by atoms with E-state index in [9.17, 15) is 21.6 Å². The summed E-state index contributed by atoms with van der Waals surface area (Å²) in [4.78, 5) is 13.7. The van der Waals surface area contributed by atoms with Crippen LogP contribution >= 0.6 is 12.6 Å². The van der Waals surface area contributed by atoms with Crippen molar-refractivity contribution in [1.29, 1.82) is 0 Å². The third kappa shape index (κ3) is 12.0. The molecule has 15 nitrogen and oxygen atoms in total. The molecule has 56 heavy (non-hydrogen) atoms. The fourth-order valence-electron chi connectivity index (χ4n) is 5.36. The van der Waals surface area contributed by atoms with Gasteiger partial charge in [-0.3, -0.25) is 13.9 Å². The van der Waals surface area contributed by atoms with Gasteiger partial charge in [-0.1, -0.05) is 0 Å². The average Bonchev–Trinajstić information content (AvgIpc) is 3.12. The Kier molecular flexibility index (Phi) is 13.4. The Hall–Kier alpha value is -5.40. The van der Waals surface area contributed by atoms with E-state index in [0.717, 1.165) is 21.9 Å². The van der Waals surface area contributed by atoms with Crippen LogP contribution in [0.2, 0.25) is 0 Å². The van der Waals surface area contributed by atoms with Crippen LogP contribution in [0.3, 0.4) is 0 Å². The maximum Gasteiger partial charge on any atom is 0.264 e. The molecule has 0 heterocycles. The number of nitrogens with one attached hydrogen (secondary N) is 1. The van der Waals surface area contributed by atoms with Crippen LogP contribution in [0.1, 0.15) is 39.9 Å². The average molecular weight is 821 g/mol. The molecule has 0 aliphatic heterocycles. The maximum atomic E-state index is 13.1. The van der Waals surface area contributed by atoms with Gasteiger partial charge in [0.15, 0.2) is 0 Å². The monoisotopic (exact) mass is 820 g/mol. The molecule has 1 amide bonds. The Morgan fingerprint density at radius 3 is 1.93 bits per heavy atom. The molecule has 0 bridgehead atoms. The lowest BCUT2D eigenvalue weighted by molar-refractivity contribution is 0.102. The first kappa shape index (κ1) is 41.8. The molecule has 0 fully saturated rings. The standard InChI is InChI=1S/C38H40N6O9S3/c1-23-17-33(24(2)16-32(23)39)43-44-35-18-25(3)34(22-37(35)53-13-5-15-56(49,50)51)42-41-28-8-6-26(7-9-28)38(45)40-29-10-11-31-27(19-29)20-30(54)21-36(31)52-12-4-14-55(46,47)48/h6-11,16-22,54H,4-5,12-15,39H2,1-3H3,(H,40,45)(H,46,47,48)(H,49,50,51). The molecule has 0 saturated carbocycles. The highest BCUT2D eigenvalue weighted by atomic mass is 32.2. The summed E-state index contributed by atoms with van der Waals surface area (Å²) in [6, 6.07) is 22.2. The third-order valence-corrected chi connectivity index (χ3v) is 10.2. The number of fused-ring (bicyclic) bond motifs is 1. The lowest BCUT2D eigenvalue weighted by atomic mass is 10.1. The van der Waals surface area contributed by atoms with Crippen molar-refractivity contribution in [2.75, 3.05) is 35.8 Å². The van der Waals surface area contributed by atoms with Crippen LogP contribution in [0.5, 0.6) is 11.5 Å². The second kappa shape index (κ2) is 18.0. The quantitative estimate of drug-likeness (QED) is 0.0208. The SMILES string of the molecule is Cc1cc(N=Nc2cc(C)c(N=Nc3ccc(C(=O)Nc4ccc5c(OCCCS(=O)(=O)O)cc(S)cc5c4)cc3)cc2OCCCS(=O)(=O)O)c(C)cc1N. The Bertz CT molecular complexity index is 2550. The number of thiol groups is 1. The minimum Gasteiger partial charge on any atom is -0.493 e. The number of rotatable bonds is 16. The smallest absolute Gasteiger partial charge is 0.264 e. The van der Waals surface area contributed by atoms with E-state index in [-0.39, 0.29) is 37.7 Å². The zero-order valence-electron chi connectivity index (χ0n) is 30.6. The molecule has 5 N–H and O–H groups in total. The number of carbonyl (C=O) groups is 1. The highest BCUT2D eigenvalue weighted by molar-refractivity contribution is 7.86. The number of aryl methyl sites for hydroxylation is 3. The van der Waals surface area contributed by atoms with Crippen LogP contribution in [0.15, 0.2) is 104 Å². The van der Waals surface area contributed by atoms with Crippen molar-refractivity contribution >= 4 is 83.7 Å². The molecule has 5 rings (SSSR count). The van der Waals surface area contributed by atoms with Gasteiger partial charge in [0.05, 0.1) is 41.8 Å². The van der Waals surface area contributed by atoms with Crippen molar-refractivity contribution in [3.63, 3.8) is 0 Å². The number of carbonyl (C=O) groups excluding carboxylic acids is 1. The second-order valence-electron chi connectivity index (χ2n) is 12.9. The first-order chi connectivity index (χ1) is 26.4. The lowest BCUT2D eigenvalue weighted by Gasteiger charge is -2.12. The van der Waals surface area contributed by atoms with Gasteiger partial charge in [0.1, 0.15) is 17.2 Å². The molecule has 0 radical (unpaired) electrons. The van der Waals surface area contributed by atoms with Crippen LogP contribution in [0.25, 0.3) is 10.8 Å². The van der Waals surface area contributed by atoms with Crippen molar-refractivity contribution < 1.29 is 40.2 Å². The predicted octanol–water partition coefficient (Wildman–Crippen LogP) is 9.03. The molecule has 5 aromatic rings. The number of hydrogen-bond acceptors (Lipinski definition) is 13. The number of benzene rings is 5. The highest BCUT2D eigenvalue weighted by Gasteiger charge is 2.13. The number of azo groups is 2. The Balaban J connectivity index is 1.29. The molecule has 0 spiro atoms. The normalized spacial score (nSPS) is 12.1. The number of ether oxygens (including phenoxy) is 2.